The summed E-state index contributed by atoms with van der Waals surface area (Å²) in [5.74, 6) is -0.0789. The van der Waals surface area contributed by atoms with Crippen molar-refractivity contribution in [2.75, 3.05) is 11.1 Å². The second kappa shape index (κ2) is 16.3. The van der Waals surface area contributed by atoms with E-state index in [1.165, 1.54) is 36.4 Å². The topological polar surface area (TPSA) is 147 Å². The molecule has 0 unspecified atom stereocenters. The zero-order chi connectivity index (χ0) is 34.3. The third kappa shape index (κ3) is 8.60. The van der Waals surface area contributed by atoms with Crippen molar-refractivity contribution in [1.82, 2.24) is 40.3 Å². The molecule has 252 valence electrons. The fourth-order valence-corrected chi connectivity index (χ4v) is 5.13. The van der Waals surface area contributed by atoms with Crippen molar-refractivity contribution in [3.05, 3.63) is 137 Å². The zero-order valence-corrected chi connectivity index (χ0v) is 28.5. The Labute approximate surface area is 304 Å². The molecule has 0 aliphatic heterocycles. The number of rotatable bonds is 4. The van der Waals surface area contributed by atoms with Gasteiger partial charge in [0.2, 0.25) is 10.6 Å². The number of hydrogen-bond donors (Lipinski definition) is 4. The molecule has 0 radical (unpaired) electrons. The maximum Gasteiger partial charge on any atom is 0.225 e. The van der Waals surface area contributed by atoms with E-state index in [1.54, 1.807) is 12.1 Å². The lowest BCUT2D eigenvalue weighted by atomic mass is 10.1. The van der Waals surface area contributed by atoms with Crippen LogP contribution in [0.2, 0.25) is 15.7 Å². The summed E-state index contributed by atoms with van der Waals surface area (Å²) in [4.78, 5) is 16.5. The van der Waals surface area contributed by atoms with Gasteiger partial charge in [-0.05, 0) is 71.7 Å². The first-order valence-corrected chi connectivity index (χ1v) is 15.5. The van der Waals surface area contributed by atoms with Gasteiger partial charge in [0.1, 0.15) is 45.1 Å². The summed E-state index contributed by atoms with van der Waals surface area (Å²) < 4.78 is 25.1. The van der Waals surface area contributed by atoms with E-state index in [2.05, 4.69) is 45.6 Å². The van der Waals surface area contributed by atoms with Crippen LogP contribution in [0.3, 0.4) is 0 Å². The zero-order valence-electron chi connectivity index (χ0n) is 25.5. The van der Waals surface area contributed by atoms with Gasteiger partial charge < -0.3 is 11.1 Å². The number of nitrogens with two attached hydrogens (primary N) is 1. The van der Waals surface area contributed by atoms with Gasteiger partial charge in [-0.15, -0.1) is 12.4 Å². The Bertz CT molecular complexity index is 2300. The molecule has 0 bridgehead atoms. The second-order valence-electron chi connectivity index (χ2n) is 10.1. The molecule has 0 saturated heterocycles. The van der Waals surface area contributed by atoms with E-state index in [0.29, 0.717) is 50.6 Å². The summed E-state index contributed by atoms with van der Waals surface area (Å²) in [6, 6.07) is 31.0. The Morgan fingerprint density at radius 1 is 0.560 bits per heavy atom. The number of aromatic amines is 2. The standard InChI is InChI=1S/C17H11ClFN5.C11H6Cl2N4.C6H6FN.ClH/c18-17-21-14-13(10-4-2-1-3-5-10)23-24-15(14)16(22-17)20-12-8-6-11(19)7-9-12;12-10-9-8(14-11(13)15-10)7(16-17-9)6-4-2-1-3-5-6;7-5-1-3-6(8)4-2-5;/h1-9H,(H,23,24)(H,20,21,22);1-5H,(H,16,17);1-4H,8H2;1H. The molecule has 50 heavy (non-hydrogen) atoms. The number of benzene rings is 4. The molecule has 4 heterocycles. The van der Waals surface area contributed by atoms with Gasteiger partial charge in [-0.25, -0.2) is 23.7 Å². The molecular formula is C34H24Cl4F2N10. The molecule has 0 aliphatic rings. The Balaban J connectivity index is 0.000000162. The lowest BCUT2D eigenvalue weighted by Gasteiger charge is -2.06. The molecule has 4 aromatic heterocycles. The second-order valence-corrected chi connectivity index (χ2v) is 11.2. The van der Waals surface area contributed by atoms with Crippen LogP contribution >= 0.6 is 47.2 Å². The quantitative estimate of drug-likeness (QED) is 0.0790. The Kier molecular flexibility index (Phi) is 11.7. The van der Waals surface area contributed by atoms with E-state index >= 15 is 0 Å². The van der Waals surface area contributed by atoms with Gasteiger partial charge in [-0.3, -0.25) is 10.2 Å². The SMILES string of the molecule is Cl.Clc1nc(Cl)c2[nH]nc(-c3ccccc3)c2n1.Fc1ccc(Nc2nc(Cl)nc3c(-c4ccccc4)n[nH]c23)cc1.Nc1ccc(F)cc1. The highest BCUT2D eigenvalue weighted by molar-refractivity contribution is 6.35. The van der Waals surface area contributed by atoms with Crippen molar-refractivity contribution in [1.29, 1.82) is 0 Å². The maximum atomic E-state index is 13.0. The number of hydrogen-bond acceptors (Lipinski definition) is 8. The number of halogens is 6. The fraction of sp³-hybridized carbons (Fsp3) is 0. The molecule has 16 heteroatoms. The van der Waals surface area contributed by atoms with E-state index in [9.17, 15) is 8.78 Å². The summed E-state index contributed by atoms with van der Waals surface area (Å²) in [6.45, 7) is 0. The molecule has 10 nitrogen and oxygen atoms in total. The smallest absolute Gasteiger partial charge is 0.225 e. The first kappa shape index (κ1) is 35.9. The Morgan fingerprint density at radius 3 is 1.54 bits per heavy atom. The van der Waals surface area contributed by atoms with Crippen molar-refractivity contribution in [2.45, 2.75) is 0 Å². The average molecular weight is 752 g/mol. The summed E-state index contributed by atoms with van der Waals surface area (Å²) in [5.41, 5.74) is 12.3. The predicted octanol–water partition coefficient (Wildman–Crippen LogP) is 9.71. The van der Waals surface area contributed by atoms with Crippen LogP contribution in [0.4, 0.5) is 26.0 Å². The Hall–Kier alpha value is -5.40. The van der Waals surface area contributed by atoms with Gasteiger partial charge in [0, 0.05) is 22.5 Å². The monoisotopic (exact) mass is 750 g/mol. The third-order valence-electron chi connectivity index (χ3n) is 6.80. The molecular weight excluding hydrogens is 728 g/mol. The average Bonchev–Trinajstić information content (AvgIpc) is 3.74. The minimum absolute atomic E-state index is 0. The predicted molar refractivity (Wildman–Crippen MR) is 197 cm³/mol. The number of nitrogens with one attached hydrogen (secondary N) is 3. The van der Waals surface area contributed by atoms with Crippen LogP contribution in [0.5, 0.6) is 0 Å². The molecule has 0 saturated carbocycles. The van der Waals surface area contributed by atoms with Crippen molar-refractivity contribution in [2.24, 2.45) is 0 Å². The molecule has 5 N–H and O–H groups in total. The van der Waals surface area contributed by atoms with E-state index in [4.69, 9.17) is 40.5 Å². The molecule has 4 aromatic carbocycles. The highest BCUT2D eigenvalue weighted by Gasteiger charge is 2.16. The first-order chi connectivity index (χ1) is 23.7. The van der Waals surface area contributed by atoms with Crippen LogP contribution in [-0.2, 0) is 0 Å². The van der Waals surface area contributed by atoms with Crippen LogP contribution < -0.4 is 11.1 Å². The largest absolute Gasteiger partial charge is 0.399 e. The van der Waals surface area contributed by atoms with E-state index in [1.807, 2.05) is 60.7 Å². The maximum absolute atomic E-state index is 13.0. The normalized spacial score (nSPS) is 10.4. The van der Waals surface area contributed by atoms with Crippen LogP contribution in [0, 0.1) is 11.6 Å². The minimum atomic E-state index is -0.306. The van der Waals surface area contributed by atoms with Crippen molar-refractivity contribution in [3.63, 3.8) is 0 Å². The molecule has 0 fully saturated rings. The van der Waals surface area contributed by atoms with Gasteiger partial charge in [0.25, 0.3) is 0 Å². The number of nitrogens with zero attached hydrogens (tertiary/aromatic N) is 6. The first-order valence-electron chi connectivity index (χ1n) is 14.4. The molecule has 8 rings (SSSR count). The van der Waals surface area contributed by atoms with Gasteiger partial charge in [0.15, 0.2) is 11.0 Å². The summed E-state index contributed by atoms with van der Waals surface area (Å²) in [5, 5.41) is 17.9. The lowest BCUT2D eigenvalue weighted by Crippen LogP contribution is -1.97. The highest BCUT2D eigenvalue weighted by Crippen LogP contribution is 2.31. The van der Waals surface area contributed by atoms with Gasteiger partial charge >= 0.3 is 0 Å². The summed E-state index contributed by atoms with van der Waals surface area (Å²) in [7, 11) is 0. The highest BCUT2D eigenvalue weighted by atomic mass is 35.5. The van der Waals surface area contributed by atoms with Gasteiger partial charge in [-0.1, -0.05) is 72.3 Å². The molecule has 0 amide bonds. The van der Waals surface area contributed by atoms with Gasteiger partial charge in [0.05, 0.1) is 0 Å². The number of nitrogen functional groups attached to an aromatic ring is 1. The van der Waals surface area contributed by atoms with Crippen LogP contribution in [0.25, 0.3) is 44.6 Å². The number of anilines is 3. The minimum Gasteiger partial charge on any atom is -0.399 e. The van der Waals surface area contributed by atoms with Crippen LogP contribution in [0.15, 0.2) is 109 Å². The molecule has 0 atom stereocenters. The van der Waals surface area contributed by atoms with E-state index < -0.39 is 0 Å². The number of fused-ring (bicyclic) bond motifs is 2. The van der Waals surface area contributed by atoms with E-state index in [0.717, 1.165) is 11.1 Å². The molecule has 0 aliphatic carbocycles. The molecule has 0 spiro atoms. The third-order valence-corrected chi connectivity index (χ3v) is 7.41. The van der Waals surface area contributed by atoms with Crippen molar-refractivity contribution in [3.8, 4) is 22.5 Å². The number of aromatic nitrogens is 8. The van der Waals surface area contributed by atoms with Gasteiger partial charge in [-0.2, -0.15) is 15.2 Å². The number of H-pyrrole nitrogens is 2. The van der Waals surface area contributed by atoms with Crippen LogP contribution in [-0.4, -0.2) is 40.3 Å². The lowest BCUT2D eigenvalue weighted by molar-refractivity contribution is 0.627. The van der Waals surface area contributed by atoms with Crippen molar-refractivity contribution < 1.29 is 8.78 Å². The fourth-order valence-electron chi connectivity index (χ4n) is 4.54. The van der Waals surface area contributed by atoms with Crippen LogP contribution in [0.1, 0.15) is 0 Å². The van der Waals surface area contributed by atoms with E-state index in [-0.39, 0.29) is 39.8 Å². The molecule has 8 aromatic rings. The Morgan fingerprint density at radius 2 is 1.02 bits per heavy atom. The summed E-state index contributed by atoms with van der Waals surface area (Å²) >= 11 is 17.8. The summed E-state index contributed by atoms with van der Waals surface area (Å²) in [6.07, 6.45) is 0. The van der Waals surface area contributed by atoms with Crippen molar-refractivity contribution >= 4 is 86.5 Å².